The Morgan fingerprint density at radius 3 is 2.35 bits per heavy atom. The van der Waals surface area contributed by atoms with Crippen molar-refractivity contribution < 1.29 is 9.84 Å². The van der Waals surface area contributed by atoms with E-state index in [0.29, 0.717) is 13.2 Å². The van der Waals surface area contributed by atoms with Crippen LogP contribution < -0.4 is 5.73 Å². The maximum Gasteiger partial charge on any atom is 0.0681 e. The molecule has 0 unspecified atom stereocenters. The van der Waals surface area contributed by atoms with E-state index in [1.54, 1.807) is 7.11 Å². The lowest BCUT2D eigenvalue weighted by molar-refractivity contribution is 0.146. The Morgan fingerprint density at radius 1 is 1.18 bits per heavy atom. The molecule has 0 heterocycles. The second-order valence-corrected chi connectivity index (χ2v) is 4.03. The molecule has 0 spiro atoms. The predicted octanol–water partition coefficient (Wildman–Crippen LogP) is 0.586. The van der Waals surface area contributed by atoms with Crippen LogP contribution in [0.2, 0.25) is 0 Å². The van der Waals surface area contributed by atoms with Crippen LogP contribution in [0.3, 0.4) is 0 Å². The second kappa shape index (κ2) is 8.20. The first-order chi connectivity index (χ1) is 8.30. The quantitative estimate of drug-likeness (QED) is 0.696. The van der Waals surface area contributed by atoms with E-state index in [0.717, 1.165) is 25.2 Å². The molecule has 0 aliphatic rings. The average Bonchev–Trinajstić information content (AvgIpc) is 2.37. The monoisotopic (exact) mass is 238 g/mol. The molecule has 0 bridgehead atoms. The minimum absolute atomic E-state index is 0.0937. The van der Waals surface area contributed by atoms with E-state index < -0.39 is 0 Å². The summed E-state index contributed by atoms with van der Waals surface area (Å²) in [5.41, 5.74) is 7.75. The highest BCUT2D eigenvalue weighted by atomic mass is 16.5. The zero-order chi connectivity index (χ0) is 12.5. The Balaban J connectivity index is 2.51. The normalized spacial score (nSPS) is 11.1. The maximum absolute atomic E-state index is 8.97. The molecule has 0 saturated carbocycles. The van der Waals surface area contributed by atoms with Crippen molar-refractivity contribution >= 4 is 0 Å². The van der Waals surface area contributed by atoms with Gasteiger partial charge in [-0.05, 0) is 11.1 Å². The molecule has 1 rings (SSSR count). The van der Waals surface area contributed by atoms with E-state index in [-0.39, 0.29) is 6.61 Å². The summed E-state index contributed by atoms with van der Waals surface area (Å²) in [6.45, 7) is 4.08. The average molecular weight is 238 g/mol. The molecule has 0 aliphatic heterocycles. The Bertz CT molecular complexity index is 301. The number of nitrogens with zero attached hydrogens (tertiary/aromatic N) is 1. The fourth-order valence-electron chi connectivity index (χ4n) is 1.68. The van der Waals surface area contributed by atoms with Crippen LogP contribution in [0.1, 0.15) is 11.1 Å². The number of hydrogen-bond acceptors (Lipinski definition) is 4. The van der Waals surface area contributed by atoms with Gasteiger partial charge in [0.25, 0.3) is 0 Å². The molecule has 0 saturated heterocycles. The highest BCUT2D eigenvalue weighted by Crippen LogP contribution is 2.07. The molecule has 0 amide bonds. The van der Waals surface area contributed by atoms with Crippen molar-refractivity contribution in [2.75, 3.05) is 33.4 Å². The largest absolute Gasteiger partial charge is 0.392 e. The van der Waals surface area contributed by atoms with E-state index in [9.17, 15) is 0 Å². The van der Waals surface area contributed by atoms with Gasteiger partial charge in [0, 0.05) is 33.3 Å². The lowest BCUT2D eigenvalue weighted by Gasteiger charge is -2.21. The van der Waals surface area contributed by atoms with Crippen molar-refractivity contribution in [2.24, 2.45) is 5.73 Å². The van der Waals surface area contributed by atoms with Crippen molar-refractivity contribution in [3.05, 3.63) is 35.4 Å². The van der Waals surface area contributed by atoms with Gasteiger partial charge in [0.05, 0.1) is 13.2 Å². The molecule has 1 aromatic carbocycles. The van der Waals surface area contributed by atoms with Gasteiger partial charge in [-0.1, -0.05) is 24.3 Å². The standard InChI is InChI=1S/C13H22N2O2/c1-17-9-8-15(7-6-14)10-12-2-4-13(11-16)5-3-12/h2-5,16H,6-11,14H2,1H3. The molecule has 0 fully saturated rings. The highest BCUT2D eigenvalue weighted by Gasteiger charge is 2.04. The van der Waals surface area contributed by atoms with Gasteiger partial charge >= 0.3 is 0 Å². The predicted molar refractivity (Wildman–Crippen MR) is 68.6 cm³/mol. The van der Waals surface area contributed by atoms with Gasteiger partial charge in [-0.3, -0.25) is 4.90 Å². The summed E-state index contributed by atoms with van der Waals surface area (Å²) in [7, 11) is 1.71. The van der Waals surface area contributed by atoms with E-state index in [4.69, 9.17) is 15.6 Å². The number of nitrogens with two attached hydrogens (primary N) is 1. The number of hydrogen-bond donors (Lipinski definition) is 2. The van der Waals surface area contributed by atoms with E-state index >= 15 is 0 Å². The topological polar surface area (TPSA) is 58.7 Å². The molecular weight excluding hydrogens is 216 g/mol. The third kappa shape index (κ3) is 5.28. The van der Waals surface area contributed by atoms with Crippen LogP contribution in [0, 0.1) is 0 Å². The molecule has 3 N–H and O–H groups in total. The molecular formula is C13H22N2O2. The summed E-state index contributed by atoms with van der Waals surface area (Å²) in [6.07, 6.45) is 0. The van der Waals surface area contributed by atoms with Gasteiger partial charge in [-0.15, -0.1) is 0 Å². The number of rotatable bonds is 8. The lowest BCUT2D eigenvalue weighted by Crippen LogP contribution is -2.31. The molecule has 0 radical (unpaired) electrons. The molecule has 4 nitrogen and oxygen atoms in total. The molecule has 17 heavy (non-hydrogen) atoms. The molecule has 0 atom stereocenters. The van der Waals surface area contributed by atoms with Gasteiger partial charge in [0.2, 0.25) is 0 Å². The number of aliphatic hydroxyl groups excluding tert-OH is 1. The number of ether oxygens (including phenoxy) is 1. The Labute approximate surface area is 103 Å². The van der Waals surface area contributed by atoms with Crippen molar-refractivity contribution in [1.29, 1.82) is 0 Å². The van der Waals surface area contributed by atoms with Crippen LogP contribution in [0.15, 0.2) is 24.3 Å². The van der Waals surface area contributed by atoms with Gasteiger partial charge in [0.15, 0.2) is 0 Å². The van der Waals surface area contributed by atoms with Gasteiger partial charge in [0.1, 0.15) is 0 Å². The second-order valence-electron chi connectivity index (χ2n) is 4.03. The smallest absolute Gasteiger partial charge is 0.0681 e. The Kier molecular flexibility index (Phi) is 6.81. The summed E-state index contributed by atoms with van der Waals surface area (Å²) in [4.78, 5) is 2.26. The molecule has 96 valence electrons. The van der Waals surface area contributed by atoms with Crippen LogP contribution in [0.5, 0.6) is 0 Å². The summed E-state index contributed by atoms with van der Waals surface area (Å²) < 4.78 is 5.08. The SMILES string of the molecule is COCCN(CCN)Cc1ccc(CO)cc1. The van der Waals surface area contributed by atoms with Gasteiger partial charge in [-0.2, -0.15) is 0 Å². The van der Waals surface area contributed by atoms with Crippen molar-refractivity contribution in [2.45, 2.75) is 13.2 Å². The highest BCUT2D eigenvalue weighted by molar-refractivity contribution is 5.21. The van der Waals surface area contributed by atoms with Crippen molar-refractivity contribution in [1.82, 2.24) is 4.90 Å². The summed E-state index contributed by atoms with van der Waals surface area (Å²) >= 11 is 0. The number of aliphatic hydroxyl groups is 1. The fraction of sp³-hybridized carbons (Fsp3) is 0.538. The van der Waals surface area contributed by atoms with E-state index in [2.05, 4.69) is 4.90 Å². The number of methoxy groups -OCH3 is 1. The number of benzene rings is 1. The van der Waals surface area contributed by atoms with Crippen molar-refractivity contribution in [3.8, 4) is 0 Å². The first kappa shape index (κ1) is 14.1. The van der Waals surface area contributed by atoms with E-state index in [1.165, 1.54) is 5.56 Å². The van der Waals surface area contributed by atoms with Crippen molar-refractivity contribution in [3.63, 3.8) is 0 Å². The lowest BCUT2D eigenvalue weighted by atomic mass is 10.1. The zero-order valence-corrected chi connectivity index (χ0v) is 10.4. The van der Waals surface area contributed by atoms with Crippen LogP contribution in [0.25, 0.3) is 0 Å². The summed E-state index contributed by atoms with van der Waals surface area (Å²) in [6, 6.07) is 7.99. The molecule has 4 heteroatoms. The molecule has 1 aromatic rings. The summed E-state index contributed by atoms with van der Waals surface area (Å²) in [5, 5.41) is 8.97. The summed E-state index contributed by atoms with van der Waals surface area (Å²) in [5.74, 6) is 0. The maximum atomic E-state index is 8.97. The third-order valence-corrected chi connectivity index (χ3v) is 2.67. The van der Waals surface area contributed by atoms with E-state index in [1.807, 2.05) is 24.3 Å². The first-order valence-electron chi connectivity index (χ1n) is 5.90. The Hall–Kier alpha value is -0.940. The van der Waals surface area contributed by atoms with Crippen LogP contribution in [0.4, 0.5) is 0 Å². The minimum Gasteiger partial charge on any atom is -0.392 e. The molecule has 0 aromatic heterocycles. The zero-order valence-electron chi connectivity index (χ0n) is 10.4. The first-order valence-corrected chi connectivity index (χ1v) is 5.90. The third-order valence-electron chi connectivity index (χ3n) is 2.67. The van der Waals surface area contributed by atoms with Crippen LogP contribution in [-0.4, -0.2) is 43.4 Å². The minimum atomic E-state index is 0.0937. The molecule has 0 aliphatic carbocycles. The van der Waals surface area contributed by atoms with Gasteiger partial charge < -0.3 is 15.6 Å². The van der Waals surface area contributed by atoms with Gasteiger partial charge in [-0.25, -0.2) is 0 Å². The Morgan fingerprint density at radius 2 is 1.82 bits per heavy atom. The van der Waals surface area contributed by atoms with Crippen LogP contribution >= 0.6 is 0 Å². The van der Waals surface area contributed by atoms with Crippen LogP contribution in [-0.2, 0) is 17.9 Å². The fourth-order valence-corrected chi connectivity index (χ4v) is 1.68.